The lowest BCUT2D eigenvalue weighted by Gasteiger charge is -2.60. The van der Waals surface area contributed by atoms with Crippen molar-refractivity contribution in [3.63, 3.8) is 0 Å². The highest BCUT2D eigenvalue weighted by atomic mass is 35.5. The molecular weight excluding hydrogens is 366 g/mol. The SMILES string of the molecule is CC1=C(/C=C(\C)Cl)OCCN1C(=O)N1CC2(C1)CN(c1cncc(C)n1)C2. The highest BCUT2D eigenvalue weighted by Crippen LogP contribution is 2.42. The summed E-state index contributed by atoms with van der Waals surface area (Å²) in [5.41, 5.74) is 1.93. The van der Waals surface area contributed by atoms with Crippen molar-refractivity contribution in [1.82, 2.24) is 19.8 Å². The van der Waals surface area contributed by atoms with Crippen molar-refractivity contribution in [2.45, 2.75) is 20.8 Å². The van der Waals surface area contributed by atoms with E-state index < -0.39 is 0 Å². The van der Waals surface area contributed by atoms with Crippen molar-refractivity contribution in [1.29, 1.82) is 0 Å². The minimum Gasteiger partial charge on any atom is -0.490 e. The number of halogens is 1. The van der Waals surface area contributed by atoms with E-state index in [0.717, 1.165) is 43.4 Å². The van der Waals surface area contributed by atoms with Gasteiger partial charge in [0.25, 0.3) is 0 Å². The zero-order valence-corrected chi connectivity index (χ0v) is 16.7. The first-order valence-electron chi connectivity index (χ1n) is 9.14. The van der Waals surface area contributed by atoms with Gasteiger partial charge in [0.2, 0.25) is 0 Å². The van der Waals surface area contributed by atoms with E-state index in [-0.39, 0.29) is 11.4 Å². The van der Waals surface area contributed by atoms with Gasteiger partial charge in [-0.05, 0) is 26.8 Å². The van der Waals surface area contributed by atoms with E-state index in [2.05, 4.69) is 14.9 Å². The quantitative estimate of drug-likeness (QED) is 0.778. The number of aromatic nitrogens is 2. The van der Waals surface area contributed by atoms with Crippen LogP contribution in [0, 0.1) is 12.3 Å². The van der Waals surface area contributed by atoms with Gasteiger partial charge in [0.05, 0.1) is 24.1 Å². The third kappa shape index (κ3) is 3.36. The largest absolute Gasteiger partial charge is 0.490 e. The Bertz CT molecular complexity index is 819. The molecule has 2 fully saturated rings. The maximum Gasteiger partial charge on any atom is 0.324 e. The van der Waals surface area contributed by atoms with Crippen molar-refractivity contribution in [2.75, 3.05) is 44.2 Å². The molecule has 2 saturated heterocycles. The summed E-state index contributed by atoms with van der Waals surface area (Å²) < 4.78 is 5.65. The number of anilines is 1. The minimum atomic E-state index is 0.0494. The summed E-state index contributed by atoms with van der Waals surface area (Å²) in [6.45, 7) is 10.1. The molecule has 4 heterocycles. The molecule has 1 spiro atoms. The standard InChI is InChI=1S/C19H24ClN5O2/c1-13(20)6-16-15(3)25(4-5-27-16)18(26)24-11-19(12-24)9-23(10-19)17-8-21-7-14(2)22-17/h6-8H,4-5,9-12H2,1-3H3/b13-6+. The van der Waals surface area contributed by atoms with Gasteiger partial charge in [0, 0.05) is 42.8 Å². The molecule has 0 saturated carbocycles. The van der Waals surface area contributed by atoms with E-state index in [4.69, 9.17) is 16.3 Å². The summed E-state index contributed by atoms with van der Waals surface area (Å²) >= 11 is 5.96. The Hall–Kier alpha value is -2.28. The Balaban J connectivity index is 1.36. The van der Waals surface area contributed by atoms with Crippen molar-refractivity contribution < 1.29 is 9.53 Å². The van der Waals surface area contributed by atoms with Gasteiger partial charge in [-0.25, -0.2) is 9.78 Å². The van der Waals surface area contributed by atoms with Gasteiger partial charge < -0.3 is 14.5 Å². The molecular formula is C19H24ClN5O2. The van der Waals surface area contributed by atoms with Crippen LogP contribution in [0.2, 0.25) is 0 Å². The molecule has 0 radical (unpaired) electrons. The van der Waals surface area contributed by atoms with Crippen LogP contribution in [-0.4, -0.2) is 65.1 Å². The number of hydrogen-bond acceptors (Lipinski definition) is 5. The third-order valence-corrected chi connectivity index (χ3v) is 5.45. The van der Waals surface area contributed by atoms with Crippen LogP contribution in [0.3, 0.4) is 0 Å². The molecule has 3 aliphatic heterocycles. The zero-order valence-electron chi connectivity index (χ0n) is 15.9. The first kappa shape index (κ1) is 18.1. The fourth-order valence-corrected chi connectivity index (χ4v) is 4.11. The van der Waals surface area contributed by atoms with Crippen molar-refractivity contribution in [2.24, 2.45) is 5.41 Å². The topological polar surface area (TPSA) is 61.8 Å². The van der Waals surface area contributed by atoms with Gasteiger partial charge in [-0.2, -0.15) is 0 Å². The van der Waals surface area contributed by atoms with Gasteiger partial charge in [-0.1, -0.05) is 11.6 Å². The molecule has 8 heteroatoms. The van der Waals surface area contributed by atoms with Crippen LogP contribution in [-0.2, 0) is 4.74 Å². The number of ether oxygens (including phenoxy) is 1. The second-order valence-corrected chi connectivity index (χ2v) is 8.29. The fourth-order valence-electron chi connectivity index (χ4n) is 4.02. The Labute approximate surface area is 164 Å². The van der Waals surface area contributed by atoms with Gasteiger partial charge in [-0.15, -0.1) is 0 Å². The monoisotopic (exact) mass is 389 g/mol. The van der Waals surface area contributed by atoms with Crippen LogP contribution in [0.25, 0.3) is 0 Å². The third-order valence-electron chi connectivity index (χ3n) is 5.34. The first-order chi connectivity index (χ1) is 12.9. The summed E-state index contributed by atoms with van der Waals surface area (Å²) in [5.74, 6) is 1.59. The van der Waals surface area contributed by atoms with Gasteiger partial charge in [0.1, 0.15) is 18.2 Å². The van der Waals surface area contributed by atoms with Crippen molar-refractivity contribution in [3.8, 4) is 0 Å². The number of amides is 2. The molecule has 7 nitrogen and oxygen atoms in total. The van der Waals surface area contributed by atoms with Crippen LogP contribution in [0.15, 0.2) is 35.0 Å². The number of likely N-dealkylation sites (tertiary alicyclic amines) is 1. The predicted molar refractivity (Wildman–Crippen MR) is 103 cm³/mol. The Morgan fingerprint density at radius 2 is 2.00 bits per heavy atom. The molecule has 27 heavy (non-hydrogen) atoms. The Morgan fingerprint density at radius 1 is 1.26 bits per heavy atom. The van der Waals surface area contributed by atoms with Crippen molar-refractivity contribution in [3.05, 3.63) is 40.7 Å². The predicted octanol–water partition coefficient (Wildman–Crippen LogP) is 2.73. The summed E-state index contributed by atoms with van der Waals surface area (Å²) in [7, 11) is 0. The number of nitrogens with zero attached hydrogens (tertiary/aromatic N) is 5. The summed E-state index contributed by atoms with van der Waals surface area (Å²) in [6.07, 6.45) is 5.33. The molecule has 0 aliphatic carbocycles. The fraction of sp³-hybridized carbons (Fsp3) is 0.526. The number of carbonyl (C=O) groups excluding carboxylic acids is 1. The molecule has 0 N–H and O–H groups in total. The van der Waals surface area contributed by atoms with Crippen LogP contribution >= 0.6 is 11.6 Å². The van der Waals surface area contributed by atoms with Crippen LogP contribution < -0.4 is 4.90 Å². The second kappa shape index (κ2) is 6.71. The Morgan fingerprint density at radius 3 is 2.67 bits per heavy atom. The number of urea groups is 1. The highest BCUT2D eigenvalue weighted by molar-refractivity contribution is 6.29. The maximum atomic E-state index is 12.9. The number of hydrogen-bond donors (Lipinski definition) is 0. The molecule has 1 aromatic rings. The molecule has 0 unspecified atom stereocenters. The molecule has 144 valence electrons. The summed E-state index contributed by atoms with van der Waals surface area (Å²) in [5, 5.41) is 0.635. The highest BCUT2D eigenvalue weighted by Gasteiger charge is 2.54. The van der Waals surface area contributed by atoms with Crippen LogP contribution in [0.1, 0.15) is 19.5 Å². The lowest BCUT2D eigenvalue weighted by molar-refractivity contribution is -0.00525. The lowest BCUT2D eigenvalue weighted by atomic mass is 9.73. The number of aryl methyl sites for hydroxylation is 1. The van der Waals surface area contributed by atoms with Crippen molar-refractivity contribution >= 4 is 23.4 Å². The molecule has 2 amide bonds. The normalized spacial score (nSPS) is 21.8. The second-order valence-electron chi connectivity index (χ2n) is 7.69. The van der Waals surface area contributed by atoms with E-state index in [9.17, 15) is 4.79 Å². The number of rotatable bonds is 2. The average Bonchev–Trinajstić information content (AvgIpc) is 2.54. The van der Waals surface area contributed by atoms with E-state index in [1.165, 1.54) is 0 Å². The number of allylic oxidation sites excluding steroid dienone is 3. The van der Waals surface area contributed by atoms with Crippen LogP contribution in [0.4, 0.5) is 10.6 Å². The van der Waals surface area contributed by atoms with E-state index in [0.29, 0.717) is 23.9 Å². The van der Waals surface area contributed by atoms with Crippen LogP contribution in [0.5, 0.6) is 0 Å². The van der Waals surface area contributed by atoms with E-state index in [1.54, 1.807) is 30.3 Å². The minimum absolute atomic E-state index is 0.0494. The molecule has 0 aromatic carbocycles. The summed E-state index contributed by atoms with van der Waals surface area (Å²) in [4.78, 5) is 27.6. The van der Waals surface area contributed by atoms with Gasteiger partial charge in [-0.3, -0.25) is 9.88 Å². The average molecular weight is 390 g/mol. The molecule has 1 aromatic heterocycles. The summed E-state index contributed by atoms with van der Waals surface area (Å²) in [6, 6.07) is 0.0494. The molecule has 0 atom stereocenters. The lowest BCUT2D eigenvalue weighted by Crippen LogP contribution is -2.74. The first-order valence-corrected chi connectivity index (χ1v) is 9.52. The smallest absolute Gasteiger partial charge is 0.324 e. The molecule has 0 bridgehead atoms. The maximum absolute atomic E-state index is 12.9. The zero-order chi connectivity index (χ0) is 19.2. The van der Waals surface area contributed by atoms with Gasteiger partial charge >= 0.3 is 6.03 Å². The van der Waals surface area contributed by atoms with E-state index in [1.807, 2.05) is 18.7 Å². The Kier molecular flexibility index (Phi) is 4.50. The molecule has 4 rings (SSSR count). The van der Waals surface area contributed by atoms with Gasteiger partial charge in [0.15, 0.2) is 0 Å². The van der Waals surface area contributed by atoms with E-state index >= 15 is 0 Å². The number of carbonyl (C=O) groups is 1. The molecule has 3 aliphatic rings.